The molecule has 2 N–H and O–H groups in total. The predicted molar refractivity (Wildman–Crippen MR) is 65.7 cm³/mol. The molecule has 0 spiro atoms. The Bertz CT molecular complexity index is 373. The van der Waals surface area contributed by atoms with Crippen LogP contribution in [0.4, 0.5) is 0 Å². The van der Waals surface area contributed by atoms with Crippen molar-refractivity contribution < 1.29 is 0 Å². The topological polar surface area (TPSA) is 26.0 Å². The lowest BCUT2D eigenvalue weighted by Crippen LogP contribution is -2.15. The third-order valence-electron chi connectivity index (χ3n) is 3.07. The SMILES string of the molecule is C/C(=C\c1cccc(C2CC2)c1)C(C)N. The summed E-state index contributed by atoms with van der Waals surface area (Å²) in [5.41, 5.74) is 9.84. The molecule has 0 amide bonds. The molecule has 0 heterocycles. The van der Waals surface area contributed by atoms with Gasteiger partial charge in [-0.2, -0.15) is 0 Å². The summed E-state index contributed by atoms with van der Waals surface area (Å²) >= 11 is 0. The maximum Gasteiger partial charge on any atom is 0.0225 e. The fourth-order valence-electron chi connectivity index (χ4n) is 1.71. The number of hydrogen-bond acceptors (Lipinski definition) is 1. The van der Waals surface area contributed by atoms with Gasteiger partial charge in [0.05, 0.1) is 0 Å². The average molecular weight is 201 g/mol. The molecule has 1 aliphatic rings. The minimum atomic E-state index is 0.148. The van der Waals surface area contributed by atoms with Crippen molar-refractivity contribution >= 4 is 6.08 Å². The summed E-state index contributed by atoms with van der Waals surface area (Å²) in [7, 11) is 0. The number of nitrogens with two attached hydrogens (primary N) is 1. The fraction of sp³-hybridized carbons (Fsp3) is 0.429. The molecule has 1 atom stereocenters. The summed E-state index contributed by atoms with van der Waals surface area (Å²) in [6.07, 6.45) is 4.91. The Balaban J connectivity index is 2.21. The number of hydrogen-bond donors (Lipinski definition) is 1. The molecule has 2 rings (SSSR count). The van der Waals surface area contributed by atoms with E-state index in [2.05, 4.69) is 37.3 Å². The molecule has 80 valence electrons. The van der Waals surface area contributed by atoms with Crippen molar-refractivity contribution in [2.45, 2.75) is 38.6 Å². The van der Waals surface area contributed by atoms with E-state index in [0.29, 0.717) is 0 Å². The Hall–Kier alpha value is -1.08. The van der Waals surface area contributed by atoms with Gasteiger partial charge in [-0.15, -0.1) is 0 Å². The van der Waals surface area contributed by atoms with Crippen molar-refractivity contribution in [2.24, 2.45) is 5.73 Å². The zero-order chi connectivity index (χ0) is 10.8. The van der Waals surface area contributed by atoms with Crippen molar-refractivity contribution in [3.05, 3.63) is 41.0 Å². The summed E-state index contributed by atoms with van der Waals surface area (Å²) in [4.78, 5) is 0. The smallest absolute Gasteiger partial charge is 0.0225 e. The van der Waals surface area contributed by atoms with Crippen molar-refractivity contribution in [3.63, 3.8) is 0 Å². The molecular weight excluding hydrogens is 182 g/mol. The molecule has 0 saturated heterocycles. The zero-order valence-electron chi connectivity index (χ0n) is 9.53. The van der Waals surface area contributed by atoms with Crippen LogP contribution in [0.15, 0.2) is 29.8 Å². The molecule has 1 unspecified atom stereocenters. The maximum absolute atomic E-state index is 5.83. The third-order valence-corrected chi connectivity index (χ3v) is 3.07. The van der Waals surface area contributed by atoms with E-state index >= 15 is 0 Å². The van der Waals surface area contributed by atoms with E-state index in [-0.39, 0.29) is 6.04 Å². The number of benzene rings is 1. The van der Waals surface area contributed by atoms with Crippen LogP contribution in [0.5, 0.6) is 0 Å². The van der Waals surface area contributed by atoms with Gasteiger partial charge in [-0.3, -0.25) is 0 Å². The van der Waals surface area contributed by atoms with Gasteiger partial charge < -0.3 is 5.73 Å². The summed E-state index contributed by atoms with van der Waals surface area (Å²) < 4.78 is 0. The Morgan fingerprint density at radius 2 is 2.20 bits per heavy atom. The molecule has 1 aliphatic carbocycles. The normalized spacial score (nSPS) is 19.0. The fourth-order valence-corrected chi connectivity index (χ4v) is 1.71. The van der Waals surface area contributed by atoms with E-state index in [1.165, 1.54) is 29.5 Å². The average Bonchev–Trinajstić information content (AvgIpc) is 3.01. The van der Waals surface area contributed by atoms with Gasteiger partial charge in [-0.1, -0.05) is 35.9 Å². The van der Waals surface area contributed by atoms with E-state index in [4.69, 9.17) is 5.73 Å². The minimum absolute atomic E-state index is 0.148. The van der Waals surface area contributed by atoms with Crippen LogP contribution in [0, 0.1) is 0 Å². The van der Waals surface area contributed by atoms with E-state index in [1.807, 2.05) is 6.92 Å². The molecule has 1 fully saturated rings. The summed E-state index contributed by atoms with van der Waals surface area (Å²) in [5, 5.41) is 0. The standard InChI is InChI=1S/C14H19N/c1-10(11(2)15)8-12-4-3-5-14(9-12)13-6-7-13/h3-5,8-9,11,13H,6-7,15H2,1-2H3/b10-8+. The molecule has 15 heavy (non-hydrogen) atoms. The van der Waals surface area contributed by atoms with E-state index in [9.17, 15) is 0 Å². The van der Waals surface area contributed by atoms with Crippen LogP contribution in [-0.2, 0) is 0 Å². The predicted octanol–water partition coefficient (Wildman–Crippen LogP) is 3.31. The minimum Gasteiger partial charge on any atom is -0.324 e. The molecule has 1 aromatic carbocycles. The molecule has 0 radical (unpaired) electrons. The van der Waals surface area contributed by atoms with Crippen molar-refractivity contribution in [1.29, 1.82) is 0 Å². The van der Waals surface area contributed by atoms with Crippen LogP contribution < -0.4 is 5.73 Å². The first kappa shape index (κ1) is 10.4. The molecule has 1 nitrogen and oxygen atoms in total. The highest BCUT2D eigenvalue weighted by Gasteiger charge is 2.23. The van der Waals surface area contributed by atoms with Crippen LogP contribution >= 0.6 is 0 Å². The molecule has 0 aliphatic heterocycles. The molecule has 1 saturated carbocycles. The summed E-state index contributed by atoms with van der Waals surface area (Å²) in [6.45, 7) is 4.12. The van der Waals surface area contributed by atoms with Crippen LogP contribution in [0.3, 0.4) is 0 Å². The van der Waals surface area contributed by atoms with Gasteiger partial charge in [-0.25, -0.2) is 0 Å². The molecular formula is C14H19N. The Morgan fingerprint density at radius 1 is 1.47 bits per heavy atom. The lowest BCUT2D eigenvalue weighted by molar-refractivity contribution is 0.868. The van der Waals surface area contributed by atoms with Gasteiger partial charge in [-0.05, 0) is 43.7 Å². The van der Waals surface area contributed by atoms with Gasteiger partial charge in [0, 0.05) is 6.04 Å². The van der Waals surface area contributed by atoms with E-state index in [0.717, 1.165) is 5.92 Å². The molecule has 0 aromatic heterocycles. The first-order chi connectivity index (χ1) is 7.16. The summed E-state index contributed by atoms with van der Waals surface area (Å²) in [5.74, 6) is 0.828. The van der Waals surface area contributed by atoms with Gasteiger partial charge in [0.15, 0.2) is 0 Å². The molecule has 1 heteroatoms. The quantitative estimate of drug-likeness (QED) is 0.797. The lowest BCUT2D eigenvalue weighted by atomic mass is 10.0. The van der Waals surface area contributed by atoms with Gasteiger partial charge >= 0.3 is 0 Å². The Kier molecular flexibility index (Phi) is 2.92. The second kappa shape index (κ2) is 4.19. The first-order valence-corrected chi connectivity index (χ1v) is 5.70. The van der Waals surface area contributed by atoms with E-state index < -0.39 is 0 Å². The molecule has 0 bridgehead atoms. The maximum atomic E-state index is 5.83. The second-order valence-corrected chi connectivity index (χ2v) is 4.62. The summed E-state index contributed by atoms with van der Waals surface area (Å²) in [6, 6.07) is 8.97. The van der Waals surface area contributed by atoms with Crippen molar-refractivity contribution in [2.75, 3.05) is 0 Å². The lowest BCUT2D eigenvalue weighted by Gasteiger charge is -2.06. The highest BCUT2D eigenvalue weighted by molar-refractivity contribution is 5.54. The highest BCUT2D eigenvalue weighted by Crippen LogP contribution is 2.40. The zero-order valence-corrected chi connectivity index (χ0v) is 9.53. The third kappa shape index (κ3) is 2.69. The first-order valence-electron chi connectivity index (χ1n) is 5.70. The highest BCUT2D eigenvalue weighted by atomic mass is 14.6. The van der Waals surface area contributed by atoms with Crippen molar-refractivity contribution in [3.8, 4) is 0 Å². The van der Waals surface area contributed by atoms with Crippen LogP contribution in [-0.4, -0.2) is 6.04 Å². The molecule has 1 aromatic rings. The van der Waals surface area contributed by atoms with Crippen LogP contribution in [0.2, 0.25) is 0 Å². The Morgan fingerprint density at radius 3 is 2.80 bits per heavy atom. The second-order valence-electron chi connectivity index (χ2n) is 4.62. The van der Waals surface area contributed by atoms with Crippen LogP contribution in [0.1, 0.15) is 43.7 Å². The van der Waals surface area contributed by atoms with Gasteiger partial charge in [0.1, 0.15) is 0 Å². The van der Waals surface area contributed by atoms with Crippen molar-refractivity contribution in [1.82, 2.24) is 0 Å². The monoisotopic (exact) mass is 201 g/mol. The number of rotatable bonds is 3. The Labute approximate surface area is 92.0 Å². The largest absolute Gasteiger partial charge is 0.324 e. The van der Waals surface area contributed by atoms with E-state index in [1.54, 1.807) is 0 Å². The van der Waals surface area contributed by atoms with Gasteiger partial charge in [0.2, 0.25) is 0 Å². The van der Waals surface area contributed by atoms with Gasteiger partial charge in [0.25, 0.3) is 0 Å². The van der Waals surface area contributed by atoms with Crippen LogP contribution in [0.25, 0.3) is 6.08 Å².